The molecule has 2 aliphatic rings. The molecule has 6 nitrogen and oxygen atoms in total. The van der Waals surface area contributed by atoms with Gasteiger partial charge < -0.3 is 10.2 Å². The Balaban J connectivity index is 1.58. The number of amides is 2. The van der Waals surface area contributed by atoms with Gasteiger partial charge in [-0.15, -0.1) is 0 Å². The van der Waals surface area contributed by atoms with Gasteiger partial charge in [0, 0.05) is 38.6 Å². The molecule has 2 amide bonds. The number of nitrogens with one attached hydrogen (secondary N) is 1. The van der Waals surface area contributed by atoms with E-state index < -0.39 is 0 Å². The largest absolute Gasteiger partial charge is 0.326 e. The SMILES string of the molecule is CN1CCN(c2ccc(-n3cc4c(n3)CNCCC4)cc2)C1=O. The van der Waals surface area contributed by atoms with E-state index in [0.717, 1.165) is 56.1 Å². The topological polar surface area (TPSA) is 53.4 Å². The highest BCUT2D eigenvalue weighted by molar-refractivity contribution is 5.93. The lowest BCUT2D eigenvalue weighted by Crippen LogP contribution is -2.29. The van der Waals surface area contributed by atoms with Crippen LogP contribution in [0.5, 0.6) is 0 Å². The van der Waals surface area contributed by atoms with Crippen molar-refractivity contribution in [3.05, 3.63) is 41.7 Å². The van der Waals surface area contributed by atoms with Crippen LogP contribution in [0.25, 0.3) is 5.69 Å². The van der Waals surface area contributed by atoms with E-state index >= 15 is 0 Å². The van der Waals surface area contributed by atoms with Crippen molar-refractivity contribution in [1.29, 1.82) is 0 Å². The first kappa shape index (κ1) is 14.3. The Morgan fingerprint density at radius 3 is 2.65 bits per heavy atom. The van der Waals surface area contributed by atoms with E-state index in [1.807, 2.05) is 40.9 Å². The zero-order chi connectivity index (χ0) is 15.8. The third-order valence-corrected chi connectivity index (χ3v) is 4.61. The fourth-order valence-electron chi connectivity index (χ4n) is 3.22. The normalized spacial score (nSPS) is 18.2. The van der Waals surface area contributed by atoms with Crippen LogP contribution in [0, 0.1) is 0 Å². The zero-order valence-corrected chi connectivity index (χ0v) is 13.3. The number of benzene rings is 1. The molecular weight excluding hydrogens is 290 g/mol. The summed E-state index contributed by atoms with van der Waals surface area (Å²) in [6.45, 7) is 3.42. The summed E-state index contributed by atoms with van der Waals surface area (Å²) in [6, 6.07) is 8.12. The molecule has 0 spiro atoms. The molecule has 2 aromatic rings. The van der Waals surface area contributed by atoms with Crippen LogP contribution in [0.15, 0.2) is 30.5 Å². The molecule has 23 heavy (non-hydrogen) atoms. The molecule has 1 N–H and O–H groups in total. The molecule has 2 aliphatic heterocycles. The lowest BCUT2D eigenvalue weighted by atomic mass is 10.1. The van der Waals surface area contributed by atoms with Gasteiger partial charge >= 0.3 is 6.03 Å². The summed E-state index contributed by atoms with van der Waals surface area (Å²) < 4.78 is 1.94. The Bertz CT molecular complexity index is 698. The standard InChI is InChI=1S/C17H21N5O/c1-20-9-10-21(17(20)23)14-4-6-15(7-5-14)22-12-13-3-2-8-18-11-16(13)19-22/h4-7,12,18H,2-3,8-11H2,1H3. The van der Waals surface area contributed by atoms with Gasteiger partial charge in [0.15, 0.2) is 0 Å². The van der Waals surface area contributed by atoms with Gasteiger partial charge in [-0.3, -0.25) is 4.90 Å². The van der Waals surface area contributed by atoms with Crippen molar-refractivity contribution in [2.24, 2.45) is 0 Å². The molecule has 3 heterocycles. The van der Waals surface area contributed by atoms with E-state index in [1.54, 1.807) is 4.90 Å². The Morgan fingerprint density at radius 2 is 1.91 bits per heavy atom. The molecule has 0 bridgehead atoms. The lowest BCUT2D eigenvalue weighted by Gasteiger charge is -2.16. The highest BCUT2D eigenvalue weighted by Crippen LogP contribution is 2.22. The molecule has 6 heteroatoms. The van der Waals surface area contributed by atoms with Crippen molar-refractivity contribution in [1.82, 2.24) is 20.0 Å². The first-order valence-electron chi connectivity index (χ1n) is 8.13. The minimum atomic E-state index is 0.0645. The number of fused-ring (bicyclic) bond motifs is 1. The van der Waals surface area contributed by atoms with E-state index in [-0.39, 0.29) is 6.03 Å². The molecule has 0 unspecified atom stereocenters. The van der Waals surface area contributed by atoms with Crippen molar-refractivity contribution < 1.29 is 4.79 Å². The van der Waals surface area contributed by atoms with Crippen molar-refractivity contribution in [2.45, 2.75) is 19.4 Å². The molecular formula is C17H21N5O. The summed E-state index contributed by atoms with van der Waals surface area (Å²) in [5, 5.41) is 8.10. The number of rotatable bonds is 2. The summed E-state index contributed by atoms with van der Waals surface area (Å²) in [5.41, 5.74) is 4.44. The minimum Gasteiger partial charge on any atom is -0.326 e. The predicted octanol–water partition coefficient (Wildman–Crippen LogP) is 1.78. The van der Waals surface area contributed by atoms with Gasteiger partial charge in [0.1, 0.15) is 0 Å². The fraction of sp³-hybridized carbons (Fsp3) is 0.412. The number of aryl methyl sites for hydroxylation is 1. The van der Waals surface area contributed by atoms with Crippen LogP contribution in [0.4, 0.5) is 10.5 Å². The number of urea groups is 1. The highest BCUT2D eigenvalue weighted by Gasteiger charge is 2.26. The van der Waals surface area contributed by atoms with Gasteiger partial charge in [0.2, 0.25) is 0 Å². The maximum Gasteiger partial charge on any atom is 0.324 e. The van der Waals surface area contributed by atoms with Gasteiger partial charge in [0.25, 0.3) is 0 Å². The number of carbonyl (C=O) groups excluding carboxylic acids is 1. The van der Waals surface area contributed by atoms with Crippen LogP contribution >= 0.6 is 0 Å². The average Bonchev–Trinajstić information content (AvgIpc) is 3.05. The molecule has 4 rings (SSSR count). The van der Waals surface area contributed by atoms with Gasteiger partial charge in [-0.05, 0) is 49.2 Å². The van der Waals surface area contributed by atoms with Crippen molar-refractivity contribution in [3.8, 4) is 5.69 Å². The zero-order valence-electron chi connectivity index (χ0n) is 13.3. The number of likely N-dealkylation sites (N-methyl/N-ethyl adjacent to an activating group) is 1. The molecule has 1 aromatic heterocycles. The van der Waals surface area contributed by atoms with E-state index in [9.17, 15) is 4.79 Å². The van der Waals surface area contributed by atoms with Crippen LogP contribution < -0.4 is 10.2 Å². The first-order chi connectivity index (χ1) is 11.2. The monoisotopic (exact) mass is 311 g/mol. The van der Waals surface area contributed by atoms with Crippen LogP contribution in [0.3, 0.4) is 0 Å². The number of hydrogen-bond acceptors (Lipinski definition) is 3. The molecule has 0 radical (unpaired) electrons. The Morgan fingerprint density at radius 1 is 1.13 bits per heavy atom. The second-order valence-corrected chi connectivity index (χ2v) is 6.20. The van der Waals surface area contributed by atoms with Gasteiger partial charge in [-0.25, -0.2) is 9.48 Å². The summed E-state index contributed by atoms with van der Waals surface area (Å²) in [4.78, 5) is 15.6. The minimum absolute atomic E-state index is 0.0645. The van der Waals surface area contributed by atoms with E-state index in [4.69, 9.17) is 5.10 Å². The molecule has 1 aromatic carbocycles. The second kappa shape index (κ2) is 5.70. The van der Waals surface area contributed by atoms with Gasteiger partial charge in [-0.2, -0.15) is 5.10 Å². The van der Waals surface area contributed by atoms with Crippen LogP contribution in [-0.4, -0.2) is 47.4 Å². The number of anilines is 1. The number of carbonyl (C=O) groups is 1. The molecule has 1 saturated heterocycles. The predicted molar refractivity (Wildman–Crippen MR) is 89.0 cm³/mol. The molecule has 120 valence electrons. The maximum absolute atomic E-state index is 12.1. The molecule has 1 fully saturated rings. The Kier molecular flexibility index (Phi) is 3.53. The number of hydrogen-bond donors (Lipinski definition) is 1. The van der Waals surface area contributed by atoms with Crippen molar-refractivity contribution in [2.75, 3.05) is 31.6 Å². The Hall–Kier alpha value is -2.34. The van der Waals surface area contributed by atoms with E-state index in [1.165, 1.54) is 5.56 Å². The molecule has 0 atom stereocenters. The number of aromatic nitrogens is 2. The van der Waals surface area contributed by atoms with E-state index in [0.29, 0.717) is 0 Å². The number of nitrogens with zero attached hydrogens (tertiary/aromatic N) is 4. The van der Waals surface area contributed by atoms with Crippen LogP contribution in [-0.2, 0) is 13.0 Å². The maximum atomic E-state index is 12.1. The second-order valence-electron chi connectivity index (χ2n) is 6.20. The molecule has 0 aliphatic carbocycles. The first-order valence-corrected chi connectivity index (χ1v) is 8.13. The summed E-state index contributed by atoms with van der Waals surface area (Å²) >= 11 is 0. The van der Waals surface area contributed by atoms with Crippen LogP contribution in [0.1, 0.15) is 17.7 Å². The summed E-state index contributed by atoms with van der Waals surface area (Å²) in [7, 11) is 1.83. The third-order valence-electron chi connectivity index (χ3n) is 4.61. The van der Waals surface area contributed by atoms with E-state index in [2.05, 4.69) is 11.5 Å². The Labute approximate surface area is 135 Å². The third kappa shape index (κ3) is 2.59. The summed E-state index contributed by atoms with van der Waals surface area (Å²) in [5.74, 6) is 0. The molecule has 0 saturated carbocycles. The van der Waals surface area contributed by atoms with Crippen LogP contribution in [0.2, 0.25) is 0 Å². The van der Waals surface area contributed by atoms with Gasteiger partial charge in [-0.1, -0.05) is 0 Å². The lowest BCUT2D eigenvalue weighted by molar-refractivity contribution is 0.229. The summed E-state index contributed by atoms with van der Waals surface area (Å²) in [6.07, 6.45) is 4.36. The smallest absolute Gasteiger partial charge is 0.324 e. The quantitative estimate of drug-likeness (QED) is 0.920. The highest BCUT2D eigenvalue weighted by atomic mass is 16.2. The average molecular weight is 311 g/mol. The fourth-order valence-corrected chi connectivity index (χ4v) is 3.22. The van der Waals surface area contributed by atoms with Gasteiger partial charge in [0.05, 0.1) is 11.4 Å². The van der Waals surface area contributed by atoms with Crippen molar-refractivity contribution in [3.63, 3.8) is 0 Å². The van der Waals surface area contributed by atoms with Crippen molar-refractivity contribution >= 4 is 11.7 Å².